The number of hydrogen-bond acceptors (Lipinski definition) is 12. The molecular weight excluding hydrogens is 646 g/mol. The van der Waals surface area contributed by atoms with Crippen LogP contribution in [0, 0.1) is 0 Å². The van der Waals surface area contributed by atoms with Gasteiger partial charge in [0.25, 0.3) is 0 Å². The summed E-state index contributed by atoms with van der Waals surface area (Å²) in [5, 5.41) is 0. The molecule has 0 saturated heterocycles. The molecule has 12 nitrogen and oxygen atoms in total. The molecule has 0 bridgehead atoms. The van der Waals surface area contributed by atoms with Crippen molar-refractivity contribution in [1.29, 1.82) is 0 Å². The number of nitrogens with two attached hydrogens (primary N) is 1. The van der Waals surface area contributed by atoms with Gasteiger partial charge in [0.15, 0.2) is 0 Å². The van der Waals surface area contributed by atoms with E-state index in [0.717, 1.165) is 13.0 Å². The molecule has 50 heavy (non-hydrogen) atoms. The summed E-state index contributed by atoms with van der Waals surface area (Å²) >= 11 is 0. The van der Waals surface area contributed by atoms with Gasteiger partial charge >= 0.3 is 0 Å². The molecule has 0 heterocycles. The molecule has 0 amide bonds. The highest BCUT2D eigenvalue weighted by Gasteiger charge is 1.99. The molecule has 1 rings (SSSR count). The van der Waals surface area contributed by atoms with Gasteiger partial charge in [0.1, 0.15) is 12.4 Å². The van der Waals surface area contributed by atoms with Crippen LogP contribution in [0.25, 0.3) is 0 Å². The molecule has 294 valence electrons. The third kappa shape index (κ3) is 34.9. The topological polar surface area (TPSA) is 128 Å². The lowest BCUT2D eigenvalue weighted by Crippen LogP contribution is -2.15. The summed E-state index contributed by atoms with van der Waals surface area (Å²) in [6.45, 7) is 13.6. The van der Waals surface area contributed by atoms with Gasteiger partial charge in [-0.2, -0.15) is 0 Å². The molecule has 0 aliphatic heterocycles. The van der Waals surface area contributed by atoms with Crippen molar-refractivity contribution in [3.8, 4) is 5.75 Å². The van der Waals surface area contributed by atoms with Gasteiger partial charge in [-0.25, -0.2) is 0 Å². The minimum atomic E-state index is 0.441. The van der Waals surface area contributed by atoms with Crippen molar-refractivity contribution in [3.63, 3.8) is 0 Å². The average Bonchev–Trinajstić information content (AvgIpc) is 3.13. The number of nitrogen functional groups attached to an aromatic ring is 1. The number of anilines is 1. The van der Waals surface area contributed by atoms with Crippen LogP contribution in [0.4, 0.5) is 5.69 Å². The van der Waals surface area contributed by atoms with Crippen molar-refractivity contribution < 1.29 is 52.1 Å². The second kappa shape index (κ2) is 40.2. The van der Waals surface area contributed by atoms with E-state index >= 15 is 0 Å². The summed E-state index contributed by atoms with van der Waals surface area (Å²) in [4.78, 5) is 0. The van der Waals surface area contributed by atoms with Crippen LogP contribution in [0.1, 0.15) is 71.1 Å². The van der Waals surface area contributed by atoms with Gasteiger partial charge in [-0.3, -0.25) is 0 Å². The van der Waals surface area contributed by atoms with Gasteiger partial charge < -0.3 is 57.8 Å². The average molecular weight is 718 g/mol. The lowest BCUT2D eigenvalue weighted by molar-refractivity contribution is -0.0267. The fraction of sp³-hybridized carbons (Fsp3) is 0.842. The third-order valence-electron chi connectivity index (χ3n) is 7.39. The fourth-order valence-electron chi connectivity index (χ4n) is 4.60. The molecule has 0 spiro atoms. The van der Waals surface area contributed by atoms with Crippen LogP contribution in [-0.2, 0) is 47.4 Å². The zero-order chi connectivity index (χ0) is 35.7. The smallest absolute Gasteiger partial charge is 0.142 e. The Bertz CT molecular complexity index is 793. The van der Waals surface area contributed by atoms with E-state index in [1.807, 2.05) is 18.2 Å². The minimum absolute atomic E-state index is 0.441. The van der Waals surface area contributed by atoms with Crippen molar-refractivity contribution in [2.45, 2.75) is 71.1 Å². The molecule has 0 aliphatic rings. The van der Waals surface area contributed by atoms with E-state index in [4.69, 9.17) is 57.8 Å². The largest absolute Gasteiger partial charge is 0.489 e. The normalized spacial score (nSPS) is 11.5. The summed E-state index contributed by atoms with van der Waals surface area (Å²) in [6.07, 6.45) is 13.4. The van der Waals surface area contributed by atoms with Crippen LogP contribution in [0.5, 0.6) is 5.75 Å². The first-order valence-electron chi connectivity index (χ1n) is 19.1. The molecule has 0 fully saturated rings. The van der Waals surface area contributed by atoms with E-state index in [2.05, 4.69) is 6.92 Å². The Morgan fingerprint density at radius 2 is 0.620 bits per heavy atom. The number of benzene rings is 1. The number of hydrogen-bond donors (Lipinski definition) is 1. The Kier molecular flexibility index (Phi) is 37.3. The van der Waals surface area contributed by atoms with Gasteiger partial charge in [0, 0.05) is 6.61 Å². The first kappa shape index (κ1) is 46.4. The van der Waals surface area contributed by atoms with Crippen molar-refractivity contribution in [2.75, 3.05) is 144 Å². The van der Waals surface area contributed by atoms with E-state index < -0.39 is 0 Å². The maximum Gasteiger partial charge on any atom is 0.142 e. The van der Waals surface area contributed by atoms with Crippen molar-refractivity contribution in [1.82, 2.24) is 0 Å². The Morgan fingerprint density at radius 1 is 0.340 bits per heavy atom. The second-order valence-corrected chi connectivity index (χ2v) is 11.7. The number of rotatable bonds is 42. The molecule has 0 atom stereocenters. The van der Waals surface area contributed by atoms with Gasteiger partial charge in [-0.15, -0.1) is 0 Å². The highest BCUT2D eigenvalue weighted by atomic mass is 16.6. The van der Waals surface area contributed by atoms with Crippen LogP contribution in [0.2, 0.25) is 0 Å². The van der Waals surface area contributed by atoms with Gasteiger partial charge in [-0.1, -0.05) is 76.8 Å². The molecule has 1 aromatic carbocycles. The van der Waals surface area contributed by atoms with Crippen LogP contribution in [0.15, 0.2) is 24.3 Å². The molecule has 1 aromatic rings. The first-order chi connectivity index (χ1) is 24.8. The SMILES string of the molecule is CCCCCCCCCCCCOCCOCCOCCOCCOCCOCCOCCOCCOCCOCCOc1ccccc1N. The van der Waals surface area contributed by atoms with Crippen molar-refractivity contribution in [2.24, 2.45) is 0 Å². The Morgan fingerprint density at radius 3 is 0.960 bits per heavy atom. The zero-order valence-electron chi connectivity index (χ0n) is 31.3. The highest BCUT2D eigenvalue weighted by Crippen LogP contribution is 2.19. The number of para-hydroxylation sites is 2. The van der Waals surface area contributed by atoms with Crippen molar-refractivity contribution >= 4 is 5.69 Å². The third-order valence-corrected chi connectivity index (χ3v) is 7.39. The van der Waals surface area contributed by atoms with E-state index in [9.17, 15) is 0 Å². The van der Waals surface area contributed by atoms with E-state index in [-0.39, 0.29) is 0 Å². The van der Waals surface area contributed by atoms with Gasteiger partial charge in [0.05, 0.1) is 131 Å². The maximum atomic E-state index is 5.83. The van der Waals surface area contributed by atoms with E-state index in [1.165, 1.54) is 57.8 Å². The molecule has 2 N–H and O–H groups in total. The van der Waals surface area contributed by atoms with Crippen LogP contribution in [0.3, 0.4) is 0 Å². The van der Waals surface area contributed by atoms with E-state index in [0.29, 0.717) is 144 Å². The summed E-state index contributed by atoms with van der Waals surface area (Å²) < 4.78 is 60.8. The molecule has 0 aliphatic carbocycles. The lowest BCUT2D eigenvalue weighted by atomic mass is 10.1. The summed E-state index contributed by atoms with van der Waals surface area (Å²) in [7, 11) is 0. The van der Waals surface area contributed by atoms with E-state index in [1.54, 1.807) is 6.07 Å². The first-order valence-corrected chi connectivity index (χ1v) is 19.1. The van der Waals surface area contributed by atoms with Crippen LogP contribution >= 0.6 is 0 Å². The number of ether oxygens (including phenoxy) is 11. The molecule has 0 saturated carbocycles. The molecular formula is C38H71NO11. The van der Waals surface area contributed by atoms with Crippen molar-refractivity contribution in [3.05, 3.63) is 24.3 Å². The monoisotopic (exact) mass is 718 g/mol. The Hall–Kier alpha value is -1.58. The van der Waals surface area contributed by atoms with Gasteiger partial charge in [0.2, 0.25) is 0 Å². The summed E-state index contributed by atoms with van der Waals surface area (Å²) in [5.41, 5.74) is 6.45. The Labute approximate surface area is 303 Å². The maximum absolute atomic E-state index is 5.83. The highest BCUT2D eigenvalue weighted by molar-refractivity contribution is 5.51. The van der Waals surface area contributed by atoms with Crippen LogP contribution in [-0.4, -0.2) is 139 Å². The summed E-state index contributed by atoms with van der Waals surface area (Å²) in [5.74, 6) is 0.672. The van der Waals surface area contributed by atoms with Gasteiger partial charge in [-0.05, 0) is 18.6 Å². The fourth-order valence-corrected chi connectivity index (χ4v) is 4.60. The predicted molar refractivity (Wildman–Crippen MR) is 196 cm³/mol. The standard InChI is InChI=1S/C38H71NO11/c1-2-3-4-5-6-7-8-9-10-13-16-40-17-18-41-19-20-42-21-22-43-23-24-44-25-26-45-27-28-46-29-30-47-31-32-48-33-34-49-35-36-50-38-15-12-11-14-37(38)39/h11-12,14-15H,2-10,13,16-36,39H2,1H3. The summed E-state index contributed by atoms with van der Waals surface area (Å²) in [6, 6.07) is 7.39. The molecule has 12 heteroatoms. The lowest BCUT2D eigenvalue weighted by Gasteiger charge is -2.09. The number of unbranched alkanes of at least 4 members (excludes halogenated alkanes) is 9. The Balaban J connectivity index is 1.61. The molecule has 0 aromatic heterocycles. The minimum Gasteiger partial charge on any atom is -0.489 e. The predicted octanol–water partition coefficient (Wildman–Crippen LogP) is 5.73. The molecule has 0 radical (unpaired) electrons. The zero-order valence-corrected chi connectivity index (χ0v) is 31.3. The quantitative estimate of drug-likeness (QED) is 0.0655. The second-order valence-electron chi connectivity index (χ2n) is 11.7. The van der Waals surface area contributed by atoms with Crippen LogP contribution < -0.4 is 10.5 Å². The molecule has 0 unspecified atom stereocenters.